The van der Waals surface area contributed by atoms with E-state index in [9.17, 15) is 13.2 Å². The van der Waals surface area contributed by atoms with Gasteiger partial charge in [-0.25, -0.2) is 0 Å². The zero-order valence-corrected chi connectivity index (χ0v) is 14.1. The zero-order chi connectivity index (χ0) is 15.9. The number of rotatable bonds is 8. The van der Waals surface area contributed by atoms with Crippen LogP contribution in [0.25, 0.3) is 0 Å². The van der Waals surface area contributed by atoms with Crippen molar-refractivity contribution in [3.63, 3.8) is 0 Å². The monoisotopic (exact) mass is 387 g/mol. The summed E-state index contributed by atoms with van der Waals surface area (Å²) in [5.41, 5.74) is -3.24. The number of methoxy groups -OCH3 is 1. The van der Waals surface area contributed by atoms with Crippen molar-refractivity contribution in [3.05, 3.63) is 22.2 Å². The number of alkyl halides is 3. The predicted molar refractivity (Wildman–Crippen MR) is 82.1 cm³/mol. The van der Waals surface area contributed by atoms with Crippen LogP contribution in [0.2, 0.25) is 0 Å². The molecule has 21 heavy (non-hydrogen) atoms. The molecule has 0 saturated heterocycles. The third kappa shape index (κ3) is 6.80. The fourth-order valence-corrected chi connectivity index (χ4v) is 2.59. The third-order valence-electron chi connectivity index (χ3n) is 2.46. The lowest BCUT2D eigenvalue weighted by molar-refractivity contribution is -0.0329. The van der Waals surface area contributed by atoms with E-state index in [-0.39, 0.29) is 24.1 Å². The minimum absolute atomic E-state index is 0.0499. The summed E-state index contributed by atoms with van der Waals surface area (Å²) in [6.07, 6.45) is 0. The van der Waals surface area contributed by atoms with E-state index in [2.05, 4.69) is 21.2 Å². The van der Waals surface area contributed by atoms with Crippen molar-refractivity contribution >= 4 is 27.7 Å². The average molecular weight is 388 g/mol. The molecule has 120 valence electrons. The fraction of sp³-hybridized carbons (Fsp3) is 0.538. The molecule has 0 amide bonds. The summed E-state index contributed by atoms with van der Waals surface area (Å²) in [5.74, 6) is 0.743. The molecule has 0 bridgehead atoms. The van der Waals surface area contributed by atoms with Crippen LogP contribution in [0.3, 0.4) is 0 Å². The third-order valence-corrected chi connectivity index (χ3v) is 3.75. The smallest absolute Gasteiger partial charge is 0.441 e. The lowest BCUT2D eigenvalue weighted by Crippen LogP contribution is -2.12. The van der Waals surface area contributed by atoms with Crippen LogP contribution >= 0.6 is 27.7 Å². The molecular formula is C13H17BrF3NO2S. The zero-order valence-electron chi connectivity index (χ0n) is 11.7. The molecule has 1 rings (SSSR count). The van der Waals surface area contributed by atoms with Gasteiger partial charge in [-0.05, 0) is 51.9 Å². The number of hydrogen-bond donors (Lipinski definition) is 1. The molecule has 0 fully saturated rings. The molecule has 3 nitrogen and oxygen atoms in total. The Hall–Kier alpha value is -0.600. The van der Waals surface area contributed by atoms with Crippen LogP contribution in [0.1, 0.15) is 12.5 Å². The van der Waals surface area contributed by atoms with Crippen LogP contribution in [-0.4, -0.2) is 31.5 Å². The predicted octanol–water partition coefficient (Wildman–Crippen LogP) is 4.20. The number of benzene rings is 1. The van der Waals surface area contributed by atoms with Crippen LogP contribution in [-0.2, 0) is 6.54 Å². The summed E-state index contributed by atoms with van der Waals surface area (Å²) in [6.45, 7) is 3.47. The van der Waals surface area contributed by atoms with Crippen molar-refractivity contribution in [2.24, 2.45) is 0 Å². The van der Waals surface area contributed by atoms with E-state index in [1.165, 1.54) is 7.11 Å². The minimum atomic E-state index is -4.24. The molecule has 0 aromatic heterocycles. The van der Waals surface area contributed by atoms with E-state index in [1.807, 2.05) is 13.0 Å². The van der Waals surface area contributed by atoms with Crippen molar-refractivity contribution in [1.82, 2.24) is 5.32 Å². The highest BCUT2D eigenvalue weighted by Crippen LogP contribution is 2.37. The van der Waals surface area contributed by atoms with Crippen LogP contribution in [0, 0.1) is 0 Å². The van der Waals surface area contributed by atoms with Crippen molar-refractivity contribution in [3.8, 4) is 11.5 Å². The summed E-state index contributed by atoms with van der Waals surface area (Å²) >= 11 is 3.26. The molecule has 0 aliphatic rings. The molecule has 0 spiro atoms. The van der Waals surface area contributed by atoms with Crippen LogP contribution < -0.4 is 14.8 Å². The van der Waals surface area contributed by atoms with Crippen LogP contribution in [0.5, 0.6) is 11.5 Å². The highest BCUT2D eigenvalue weighted by molar-refractivity contribution is 9.10. The van der Waals surface area contributed by atoms with Crippen molar-refractivity contribution in [2.75, 3.05) is 26.0 Å². The maximum absolute atomic E-state index is 12.0. The maximum atomic E-state index is 12.0. The molecule has 8 heteroatoms. The Labute approximate surface area is 134 Å². The summed E-state index contributed by atoms with van der Waals surface area (Å²) in [5, 5.41) is 3.19. The topological polar surface area (TPSA) is 30.5 Å². The highest BCUT2D eigenvalue weighted by atomic mass is 79.9. The van der Waals surface area contributed by atoms with Gasteiger partial charge in [0.15, 0.2) is 11.5 Å². The second-order valence-electron chi connectivity index (χ2n) is 4.03. The van der Waals surface area contributed by atoms with E-state index in [4.69, 9.17) is 9.47 Å². The van der Waals surface area contributed by atoms with Crippen LogP contribution in [0.4, 0.5) is 13.2 Å². The maximum Gasteiger partial charge on any atom is 0.441 e. The molecule has 1 N–H and O–H groups in total. The fourth-order valence-electron chi connectivity index (χ4n) is 1.59. The largest absolute Gasteiger partial charge is 0.493 e. The molecule has 0 atom stereocenters. The summed E-state index contributed by atoms with van der Waals surface area (Å²) in [6, 6.07) is 3.66. The quantitative estimate of drug-likeness (QED) is 0.677. The van der Waals surface area contributed by atoms with E-state index in [0.717, 1.165) is 12.1 Å². The standard InChI is InChI=1S/C13H17BrF3NO2S/c1-3-18-8-9-6-10(14)12(11(7-9)19-2)20-4-5-21-13(15,16)17/h6-7,18H,3-5,8H2,1-2H3. The number of hydrogen-bond acceptors (Lipinski definition) is 4. The Morgan fingerprint density at radius 1 is 1.33 bits per heavy atom. The first-order valence-electron chi connectivity index (χ1n) is 6.28. The van der Waals surface area contributed by atoms with Crippen molar-refractivity contribution in [1.29, 1.82) is 0 Å². The van der Waals surface area contributed by atoms with Gasteiger partial charge in [-0.1, -0.05) is 6.92 Å². The lowest BCUT2D eigenvalue weighted by atomic mass is 10.2. The Balaban J connectivity index is 2.68. The first-order chi connectivity index (χ1) is 9.87. The first-order valence-corrected chi connectivity index (χ1v) is 8.05. The first kappa shape index (κ1) is 18.4. The SMILES string of the molecule is CCNCc1cc(Br)c(OCCSC(F)(F)F)c(OC)c1. The van der Waals surface area contributed by atoms with Gasteiger partial charge in [0.1, 0.15) is 0 Å². The van der Waals surface area contributed by atoms with E-state index < -0.39 is 5.51 Å². The second-order valence-corrected chi connectivity index (χ2v) is 6.05. The highest BCUT2D eigenvalue weighted by Gasteiger charge is 2.27. The van der Waals surface area contributed by atoms with Crippen molar-refractivity contribution in [2.45, 2.75) is 19.0 Å². The molecule has 0 unspecified atom stereocenters. The molecule has 0 aliphatic carbocycles. The molecule has 1 aromatic carbocycles. The van der Waals surface area contributed by atoms with Gasteiger partial charge in [-0.2, -0.15) is 13.2 Å². The molecule has 0 radical (unpaired) electrons. The van der Waals surface area contributed by atoms with Gasteiger partial charge in [0.2, 0.25) is 0 Å². The number of thioether (sulfide) groups is 1. The van der Waals surface area contributed by atoms with E-state index in [0.29, 0.717) is 22.5 Å². The Bertz CT molecular complexity index is 458. The van der Waals surface area contributed by atoms with Gasteiger partial charge in [0, 0.05) is 12.3 Å². The Morgan fingerprint density at radius 2 is 2.05 bits per heavy atom. The summed E-state index contributed by atoms with van der Waals surface area (Å²) in [4.78, 5) is 0. The Morgan fingerprint density at radius 3 is 2.62 bits per heavy atom. The minimum Gasteiger partial charge on any atom is -0.493 e. The Kier molecular flexibility index (Phi) is 7.69. The van der Waals surface area contributed by atoms with Gasteiger partial charge in [0.05, 0.1) is 18.2 Å². The number of ether oxygens (including phenoxy) is 2. The van der Waals surface area contributed by atoms with Gasteiger partial charge in [0.25, 0.3) is 0 Å². The number of nitrogens with one attached hydrogen (secondary N) is 1. The van der Waals surface area contributed by atoms with E-state index >= 15 is 0 Å². The lowest BCUT2D eigenvalue weighted by Gasteiger charge is -2.15. The van der Waals surface area contributed by atoms with Crippen LogP contribution in [0.15, 0.2) is 16.6 Å². The normalized spacial score (nSPS) is 11.5. The van der Waals surface area contributed by atoms with Gasteiger partial charge < -0.3 is 14.8 Å². The van der Waals surface area contributed by atoms with Crippen molar-refractivity contribution < 1.29 is 22.6 Å². The molecule has 0 saturated carbocycles. The number of halogens is 4. The van der Waals surface area contributed by atoms with Gasteiger partial charge >= 0.3 is 5.51 Å². The van der Waals surface area contributed by atoms with E-state index in [1.54, 1.807) is 6.07 Å². The molecular weight excluding hydrogens is 371 g/mol. The van der Waals surface area contributed by atoms with Gasteiger partial charge in [-0.15, -0.1) is 0 Å². The summed E-state index contributed by atoms with van der Waals surface area (Å²) < 4.78 is 47.4. The van der Waals surface area contributed by atoms with Gasteiger partial charge in [-0.3, -0.25) is 0 Å². The second kappa shape index (κ2) is 8.75. The average Bonchev–Trinajstić information content (AvgIpc) is 2.41. The molecule has 1 aromatic rings. The molecule has 0 heterocycles. The molecule has 0 aliphatic heterocycles. The summed E-state index contributed by atoms with van der Waals surface area (Å²) in [7, 11) is 1.50.